The first kappa shape index (κ1) is 24.8. The van der Waals surface area contributed by atoms with Crippen LogP contribution in [0.1, 0.15) is 24.4 Å². The zero-order chi connectivity index (χ0) is 26.8. The van der Waals surface area contributed by atoms with E-state index in [-0.39, 0.29) is 22.5 Å². The second-order valence-corrected chi connectivity index (χ2v) is 10.4. The number of nitrogens with zero attached hydrogens (tertiary/aromatic N) is 1. The molecule has 0 radical (unpaired) electrons. The van der Waals surface area contributed by atoms with Crippen molar-refractivity contribution in [2.45, 2.75) is 24.7 Å². The van der Waals surface area contributed by atoms with Gasteiger partial charge in [-0.3, -0.25) is 14.9 Å². The van der Waals surface area contributed by atoms with Crippen molar-refractivity contribution in [3.63, 3.8) is 0 Å². The van der Waals surface area contributed by atoms with Crippen LogP contribution >= 0.6 is 11.8 Å². The predicted octanol–water partition coefficient (Wildman–Crippen LogP) is 7.06. The topological polar surface area (TPSA) is 93.3 Å². The number of hydrogen-bond donors (Lipinski definition) is 2. The summed E-state index contributed by atoms with van der Waals surface area (Å²) in [6, 6.07) is 31.5. The van der Waals surface area contributed by atoms with Gasteiger partial charge in [-0.15, -0.1) is 0 Å². The van der Waals surface area contributed by atoms with Crippen molar-refractivity contribution in [3.05, 3.63) is 108 Å². The third kappa shape index (κ3) is 5.51. The number of aromatic nitrogens is 2. The minimum absolute atomic E-state index is 0.238. The Hall–Kier alpha value is -4.56. The Morgan fingerprint density at radius 3 is 2.41 bits per heavy atom. The fourth-order valence-corrected chi connectivity index (χ4v) is 5.37. The van der Waals surface area contributed by atoms with Crippen LogP contribution in [0.25, 0.3) is 22.2 Å². The van der Waals surface area contributed by atoms with Crippen molar-refractivity contribution >= 4 is 33.9 Å². The van der Waals surface area contributed by atoms with Crippen LogP contribution in [-0.4, -0.2) is 26.4 Å². The van der Waals surface area contributed by atoms with E-state index in [9.17, 15) is 9.59 Å². The van der Waals surface area contributed by atoms with E-state index in [1.165, 1.54) is 0 Å². The number of rotatable bonds is 8. The van der Waals surface area contributed by atoms with Crippen LogP contribution in [0.3, 0.4) is 0 Å². The van der Waals surface area contributed by atoms with Gasteiger partial charge in [0.2, 0.25) is 5.91 Å². The number of carbonyl (C=O) groups is 2. The first-order chi connectivity index (χ1) is 19.0. The normalized spacial score (nSPS) is 15.8. The Balaban J connectivity index is 1.14. The van der Waals surface area contributed by atoms with Crippen molar-refractivity contribution in [2.24, 2.45) is 0 Å². The summed E-state index contributed by atoms with van der Waals surface area (Å²) in [5.74, 6) is 2.64. The molecule has 1 fully saturated rings. The van der Waals surface area contributed by atoms with Gasteiger partial charge in [0.15, 0.2) is 6.10 Å². The quantitative estimate of drug-likeness (QED) is 0.221. The number of hydrogen-bond acceptors (Lipinski definition) is 6. The molecule has 194 valence electrons. The van der Waals surface area contributed by atoms with Gasteiger partial charge < -0.3 is 14.5 Å². The summed E-state index contributed by atoms with van der Waals surface area (Å²) in [5.41, 5.74) is 4.75. The summed E-state index contributed by atoms with van der Waals surface area (Å²) >= 11 is 1.03. The number of thioether (sulfide) groups is 1. The molecular weight excluding hydrogens is 510 g/mol. The fourth-order valence-electron chi connectivity index (χ4n) is 4.51. The first-order valence-corrected chi connectivity index (χ1v) is 13.5. The van der Waals surface area contributed by atoms with Gasteiger partial charge in [-0.25, -0.2) is 4.98 Å². The second-order valence-electron chi connectivity index (χ2n) is 9.26. The summed E-state index contributed by atoms with van der Waals surface area (Å²) < 4.78 is 12.4. The molecule has 39 heavy (non-hydrogen) atoms. The summed E-state index contributed by atoms with van der Waals surface area (Å²) in [6.45, 7) is 1.93. The smallest absolute Gasteiger partial charge is 0.286 e. The van der Waals surface area contributed by atoms with Gasteiger partial charge in [0.05, 0.1) is 16.3 Å². The van der Waals surface area contributed by atoms with Gasteiger partial charge >= 0.3 is 0 Å². The van der Waals surface area contributed by atoms with E-state index in [0.29, 0.717) is 23.7 Å². The Kier molecular flexibility index (Phi) is 6.77. The highest BCUT2D eigenvalue weighted by Crippen LogP contribution is 2.34. The summed E-state index contributed by atoms with van der Waals surface area (Å²) in [5, 5.41) is 1.64. The maximum Gasteiger partial charge on any atom is 0.286 e. The lowest BCUT2D eigenvalue weighted by atomic mass is 10.0. The van der Waals surface area contributed by atoms with E-state index in [4.69, 9.17) is 14.5 Å². The van der Waals surface area contributed by atoms with E-state index >= 15 is 0 Å². The van der Waals surface area contributed by atoms with Gasteiger partial charge in [0.1, 0.15) is 23.1 Å². The zero-order valence-corrected chi connectivity index (χ0v) is 21.9. The molecule has 0 saturated carbocycles. The molecule has 2 amide bonds. The van der Waals surface area contributed by atoms with Crippen molar-refractivity contribution in [2.75, 3.05) is 0 Å². The van der Waals surface area contributed by atoms with Crippen LogP contribution < -0.4 is 14.8 Å². The number of nitrogens with one attached hydrogen (secondary N) is 2. The highest BCUT2D eigenvalue weighted by molar-refractivity contribution is 8.15. The van der Waals surface area contributed by atoms with E-state index in [1.54, 1.807) is 0 Å². The highest BCUT2D eigenvalue weighted by Gasteiger charge is 2.31. The van der Waals surface area contributed by atoms with Gasteiger partial charge in [0.25, 0.3) is 5.24 Å². The molecule has 6 rings (SSSR count). The predicted molar refractivity (Wildman–Crippen MR) is 152 cm³/mol. The number of imidazole rings is 1. The van der Waals surface area contributed by atoms with Gasteiger partial charge in [-0.1, -0.05) is 72.4 Å². The number of imide groups is 1. The number of fused-ring (bicyclic) bond motifs is 1. The summed E-state index contributed by atoms with van der Waals surface area (Å²) in [4.78, 5) is 31.3. The van der Waals surface area contributed by atoms with E-state index in [2.05, 4.69) is 28.5 Å². The number of benzene rings is 4. The van der Waals surface area contributed by atoms with Crippen molar-refractivity contribution in [3.8, 4) is 28.4 Å². The molecule has 1 saturated heterocycles. The zero-order valence-electron chi connectivity index (χ0n) is 21.1. The van der Waals surface area contributed by atoms with Crippen LogP contribution in [0, 0.1) is 0 Å². The minimum atomic E-state index is -0.389. The second kappa shape index (κ2) is 10.7. The molecule has 0 bridgehead atoms. The largest absolute Gasteiger partial charge is 0.483 e. The minimum Gasteiger partial charge on any atom is -0.483 e. The van der Waals surface area contributed by atoms with E-state index in [1.807, 2.05) is 85.8 Å². The number of aromatic amines is 1. The monoisotopic (exact) mass is 535 g/mol. The molecule has 2 unspecified atom stereocenters. The van der Waals surface area contributed by atoms with Crippen molar-refractivity contribution < 1.29 is 19.1 Å². The van der Waals surface area contributed by atoms with Crippen LogP contribution in [0.4, 0.5) is 4.79 Å². The fraction of sp³-hybridized carbons (Fsp3) is 0.129. The Morgan fingerprint density at radius 1 is 0.897 bits per heavy atom. The standard InChI is InChI=1S/C31H25N3O4S/c1-19(37-22-13-11-20(12-14-22)17-28-30(35)34-31(36)39-28)29-32-25-16-15-23(18-26(25)33-29)38-27-10-6-5-9-24(27)21-7-3-2-4-8-21/h2-16,18-19,28H,17H2,1H3,(H,32,33)(H,34,35,36). The van der Waals surface area contributed by atoms with Crippen LogP contribution in [0.2, 0.25) is 0 Å². The molecule has 7 nitrogen and oxygen atoms in total. The van der Waals surface area contributed by atoms with Gasteiger partial charge in [0, 0.05) is 11.6 Å². The molecular formula is C31H25N3O4S. The lowest BCUT2D eigenvalue weighted by Gasteiger charge is -2.13. The third-order valence-electron chi connectivity index (χ3n) is 6.48. The van der Waals surface area contributed by atoms with Crippen LogP contribution in [0.5, 0.6) is 17.2 Å². The lowest BCUT2D eigenvalue weighted by Crippen LogP contribution is -2.25. The number of H-pyrrole nitrogens is 1. The highest BCUT2D eigenvalue weighted by atomic mass is 32.2. The molecule has 2 heterocycles. The van der Waals surface area contributed by atoms with E-state index < -0.39 is 0 Å². The van der Waals surface area contributed by atoms with E-state index in [0.717, 1.165) is 45.2 Å². The molecule has 0 aliphatic carbocycles. The molecule has 0 spiro atoms. The number of ether oxygens (including phenoxy) is 2. The lowest BCUT2D eigenvalue weighted by molar-refractivity contribution is -0.118. The summed E-state index contributed by atoms with van der Waals surface area (Å²) in [7, 11) is 0. The number of para-hydroxylation sites is 1. The molecule has 2 atom stereocenters. The van der Waals surface area contributed by atoms with Gasteiger partial charge in [-0.2, -0.15) is 0 Å². The molecule has 8 heteroatoms. The third-order valence-corrected chi connectivity index (χ3v) is 7.46. The number of carbonyl (C=O) groups excluding carboxylic acids is 2. The molecule has 1 aromatic heterocycles. The van der Waals surface area contributed by atoms with Crippen molar-refractivity contribution in [1.82, 2.24) is 15.3 Å². The maximum atomic E-state index is 11.8. The number of amides is 2. The maximum absolute atomic E-state index is 11.8. The molecule has 5 aromatic rings. The van der Waals surface area contributed by atoms with Crippen LogP contribution in [0.15, 0.2) is 97.1 Å². The van der Waals surface area contributed by atoms with Gasteiger partial charge in [-0.05, 0) is 54.8 Å². The molecule has 2 N–H and O–H groups in total. The Labute approximate surface area is 229 Å². The molecule has 1 aliphatic heterocycles. The molecule has 1 aliphatic rings. The SMILES string of the molecule is CC(Oc1ccc(CC2SC(=O)NC2=O)cc1)c1nc2ccc(Oc3ccccc3-c3ccccc3)cc2[nH]1. The summed E-state index contributed by atoms with van der Waals surface area (Å²) in [6.07, 6.45) is 0.169. The van der Waals surface area contributed by atoms with Crippen molar-refractivity contribution in [1.29, 1.82) is 0 Å². The average molecular weight is 536 g/mol. The Bertz CT molecular complexity index is 1650. The average Bonchev–Trinajstić information content (AvgIpc) is 3.52. The Morgan fingerprint density at radius 2 is 1.64 bits per heavy atom. The molecule has 4 aromatic carbocycles. The first-order valence-electron chi connectivity index (χ1n) is 12.6. The van der Waals surface area contributed by atoms with Crippen LogP contribution in [-0.2, 0) is 11.2 Å².